The Bertz CT molecular complexity index is 274. The van der Waals surface area contributed by atoms with E-state index >= 15 is 0 Å². The van der Waals surface area contributed by atoms with Gasteiger partial charge in [-0.2, -0.15) is 0 Å². The highest BCUT2D eigenvalue weighted by molar-refractivity contribution is 7.90. The quantitative estimate of drug-likeness (QED) is 0.628. The number of nitrogens with one attached hydrogen (secondary N) is 2. The zero-order chi connectivity index (χ0) is 11.9. The lowest BCUT2D eigenvalue weighted by atomic mass is 10.2. The number of hydrogen-bond donors (Lipinski definition) is 2. The van der Waals surface area contributed by atoms with Gasteiger partial charge >= 0.3 is 0 Å². The van der Waals surface area contributed by atoms with Gasteiger partial charge in [0.25, 0.3) is 0 Å². The van der Waals surface area contributed by atoms with Gasteiger partial charge in [-0.1, -0.05) is 0 Å². The highest BCUT2D eigenvalue weighted by Crippen LogP contribution is 2.11. The SMILES string of the molecule is COCCCCNS(=O)(=O)C1CCNCC1. The number of hydrogen-bond acceptors (Lipinski definition) is 4. The lowest BCUT2D eigenvalue weighted by Crippen LogP contribution is -2.41. The van der Waals surface area contributed by atoms with Gasteiger partial charge in [-0.3, -0.25) is 0 Å². The summed E-state index contributed by atoms with van der Waals surface area (Å²) in [6.45, 7) is 2.81. The molecule has 0 bridgehead atoms. The maximum Gasteiger partial charge on any atom is 0.214 e. The second-order valence-corrected chi connectivity index (χ2v) is 6.13. The maximum atomic E-state index is 11.8. The average Bonchev–Trinajstić information content (AvgIpc) is 2.30. The molecule has 5 nitrogen and oxygen atoms in total. The van der Waals surface area contributed by atoms with Crippen molar-refractivity contribution in [2.75, 3.05) is 33.4 Å². The van der Waals surface area contributed by atoms with Crippen LogP contribution in [-0.2, 0) is 14.8 Å². The zero-order valence-electron chi connectivity index (χ0n) is 9.87. The van der Waals surface area contributed by atoms with Crippen molar-refractivity contribution in [3.63, 3.8) is 0 Å². The Labute approximate surface area is 98.0 Å². The predicted molar refractivity (Wildman–Crippen MR) is 63.9 cm³/mol. The van der Waals surface area contributed by atoms with E-state index < -0.39 is 10.0 Å². The van der Waals surface area contributed by atoms with Gasteiger partial charge in [-0.05, 0) is 38.8 Å². The fraction of sp³-hybridized carbons (Fsp3) is 1.00. The molecule has 0 saturated carbocycles. The van der Waals surface area contributed by atoms with Crippen LogP contribution in [0.5, 0.6) is 0 Å². The molecule has 0 aromatic carbocycles. The van der Waals surface area contributed by atoms with Gasteiger partial charge < -0.3 is 10.1 Å². The molecule has 0 radical (unpaired) electrons. The molecular formula is C10H22N2O3S. The maximum absolute atomic E-state index is 11.8. The smallest absolute Gasteiger partial charge is 0.214 e. The van der Waals surface area contributed by atoms with Crippen LogP contribution in [0.3, 0.4) is 0 Å². The second-order valence-electron chi connectivity index (χ2n) is 4.09. The molecule has 0 atom stereocenters. The topological polar surface area (TPSA) is 67.4 Å². The third-order valence-corrected chi connectivity index (χ3v) is 4.76. The fourth-order valence-corrected chi connectivity index (χ4v) is 3.33. The van der Waals surface area contributed by atoms with Crippen molar-refractivity contribution in [2.45, 2.75) is 30.9 Å². The number of piperidine rings is 1. The van der Waals surface area contributed by atoms with Crippen LogP contribution in [0.2, 0.25) is 0 Å². The minimum Gasteiger partial charge on any atom is -0.385 e. The van der Waals surface area contributed by atoms with Gasteiger partial charge in [-0.25, -0.2) is 13.1 Å². The first-order chi connectivity index (χ1) is 7.67. The van der Waals surface area contributed by atoms with Gasteiger partial charge in [0.2, 0.25) is 10.0 Å². The van der Waals surface area contributed by atoms with Crippen LogP contribution < -0.4 is 10.0 Å². The normalized spacial score (nSPS) is 18.8. The lowest BCUT2D eigenvalue weighted by Gasteiger charge is -2.22. The van der Waals surface area contributed by atoms with Crippen LogP contribution in [0, 0.1) is 0 Å². The van der Waals surface area contributed by atoms with E-state index in [1.54, 1.807) is 7.11 Å². The Hall–Kier alpha value is -0.170. The number of ether oxygens (including phenoxy) is 1. The molecule has 1 saturated heterocycles. The molecule has 2 N–H and O–H groups in total. The summed E-state index contributed by atoms with van der Waals surface area (Å²) in [6.07, 6.45) is 3.16. The molecule has 0 spiro atoms. The monoisotopic (exact) mass is 250 g/mol. The fourth-order valence-electron chi connectivity index (χ4n) is 1.81. The molecule has 0 amide bonds. The third-order valence-electron chi connectivity index (χ3n) is 2.80. The standard InChI is InChI=1S/C10H22N2O3S/c1-15-9-3-2-6-12-16(13,14)10-4-7-11-8-5-10/h10-12H,2-9H2,1H3. The second kappa shape index (κ2) is 7.21. The molecule has 1 aliphatic rings. The number of unbranched alkanes of at least 4 members (excludes halogenated alkanes) is 1. The van der Waals surface area contributed by atoms with E-state index in [1.807, 2.05) is 0 Å². The molecule has 16 heavy (non-hydrogen) atoms. The summed E-state index contributed by atoms with van der Waals surface area (Å²) in [5, 5.41) is 2.95. The number of sulfonamides is 1. The first kappa shape index (κ1) is 13.9. The van der Waals surface area contributed by atoms with Crippen molar-refractivity contribution in [3.8, 4) is 0 Å². The van der Waals surface area contributed by atoms with Gasteiger partial charge in [-0.15, -0.1) is 0 Å². The van der Waals surface area contributed by atoms with E-state index in [4.69, 9.17) is 4.74 Å². The molecule has 0 unspecified atom stereocenters. The van der Waals surface area contributed by atoms with Gasteiger partial charge in [0.1, 0.15) is 0 Å². The molecule has 1 rings (SSSR count). The molecule has 1 aliphatic heterocycles. The molecular weight excluding hydrogens is 228 g/mol. The van der Waals surface area contributed by atoms with Crippen LogP contribution in [-0.4, -0.2) is 47.0 Å². The predicted octanol–water partition coefficient (Wildman–Crippen LogP) is 0.0844. The van der Waals surface area contributed by atoms with E-state index in [0.717, 1.165) is 25.9 Å². The van der Waals surface area contributed by atoms with Crippen molar-refractivity contribution in [3.05, 3.63) is 0 Å². The summed E-state index contributed by atoms with van der Waals surface area (Å²) in [7, 11) is -1.45. The van der Waals surface area contributed by atoms with Crippen molar-refractivity contribution < 1.29 is 13.2 Å². The van der Waals surface area contributed by atoms with Crippen LogP contribution in [0.15, 0.2) is 0 Å². The van der Waals surface area contributed by atoms with E-state index in [0.29, 0.717) is 26.0 Å². The van der Waals surface area contributed by atoms with E-state index in [9.17, 15) is 8.42 Å². The summed E-state index contributed by atoms with van der Waals surface area (Å²) in [5.74, 6) is 0. The minimum atomic E-state index is -3.10. The van der Waals surface area contributed by atoms with E-state index in [1.165, 1.54) is 0 Å². The summed E-state index contributed by atoms with van der Waals surface area (Å²) in [5.41, 5.74) is 0. The Morgan fingerprint density at radius 3 is 2.62 bits per heavy atom. The Balaban J connectivity index is 2.22. The zero-order valence-corrected chi connectivity index (χ0v) is 10.7. The van der Waals surface area contributed by atoms with Crippen LogP contribution in [0.1, 0.15) is 25.7 Å². The summed E-state index contributed by atoms with van der Waals surface area (Å²) in [4.78, 5) is 0. The van der Waals surface area contributed by atoms with Crippen LogP contribution in [0.25, 0.3) is 0 Å². The summed E-state index contributed by atoms with van der Waals surface area (Å²) in [6, 6.07) is 0. The minimum absolute atomic E-state index is 0.212. The number of rotatable bonds is 7. The molecule has 6 heteroatoms. The summed E-state index contributed by atoms with van der Waals surface area (Å²) >= 11 is 0. The molecule has 0 aromatic rings. The molecule has 0 aliphatic carbocycles. The Morgan fingerprint density at radius 1 is 1.31 bits per heavy atom. The summed E-state index contributed by atoms with van der Waals surface area (Å²) < 4.78 is 31.3. The van der Waals surface area contributed by atoms with Gasteiger partial charge in [0, 0.05) is 20.3 Å². The third kappa shape index (κ3) is 4.78. The van der Waals surface area contributed by atoms with Crippen molar-refractivity contribution >= 4 is 10.0 Å². The lowest BCUT2D eigenvalue weighted by molar-refractivity contribution is 0.193. The van der Waals surface area contributed by atoms with Gasteiger partial charge in [0.15, 0.2) is 0 Å². The highest BCUT2D eigenvalue weighted by atomic mass is 32.2. The van der Waals surface area contributed by atoms with Gasteiger partial charge in [0.05, 0.1) is 5.25 Å². The number of methoxy groups -OCH3 is 1. The molecule has 1 fully saturated rings. The molecule has 1 heterocycles. The Kier molecular flexibility index (Phi) is 6.26. The average molecular weight is 250 g/mol. The Morgan fingerprint density at radius 2 is 2.00 bits per heavy atom. The molecule has 96 valence electrons. The molecule has 0 aromatic heterocycles. The van der Waals surface area contributed by atoms with Crippen molar-refractivity contribution in [1.29, 1.82) is 0 Å². The van der Waals surface area contributed by atoms with Crippen molar-refractivity contribution in [2.24, 2.45) is 0 Å². The van der Waals surface area contributed by atoms with Crippen LogP contribution in [0.4, 0.5) is 0 Å². The largest absolute Gasteiger partial charge is 0.385 e. The first-order valence-electron chi connectivity index (χ1n) is 5.85. The highest BCUT2D eigenvalue weighted by Gasteiger charge is 2.26. The van der Waals surface area contributed by atoms with E-state index in [-0.39, 0.29) is 5.25 Å². The van der Waals surface area contributed by atoms with E-state index in [2.05, 4.69) is 10.0 Å². The van der Waals surface area contributed by atoms with Crippen molar-refractivity contribution in [1.82, 2.24) is 10.0 Å². The van der Waals surface area contributed by atoms with Crippen LogP contribution >= 0.6 is 0 Å². The first-order valence-corrected chi connectivity index (χ1v) is 7.39.